The van der Waals surface area contributed by atoms with Crippen LogP contribution in [0.2, 0.25) is 0 Å². The van der Waals surface area contributed by atoms with Gasteiger partial charge in [0.15, 0.2) is 0 Å². The van der Waals surface area contributed by atoms with Crippen LogP contribution in [0.5, 0.6) is 0 Å². The minimum atomic E-state index is 0.526. The van der Waals surface area contributed by atoms with E-state index in [1.54, 1.807) is 0 Å². The number of benzene rings is 1. The summed E-state index contributed by atoms with van der Waals surface area (Å²) in [6.45, 7) is 6.00. The maximum absolute atomic E-state index is 8.70. The molecule has 1 aromatic rings. The Morgan fingerprint density at radius 1 is 1.47 bits per heavy atom. The first-order valence-corrected chi connectivity index (χ1v) is 6.79. The van der Waals surface area contributed by atoms with Gasteiger partial charge in [0.1, 0.15) is 0 Å². The van der Waals surface area contributed by atoms with E-state index in [-0.39, 0.29) is 0 Å². The fraction of sp³-hybridized carbons (Fsp3) is 0.462. The van der Waals surface area contributed by atoms with Crippen LogP contribution in [0, 0.1) is 20.8 Å². The van der Waals surface area contributed by atoms with E-state index in [0.29, 0.717) is 12.3 Å². The molecular formula is C13H18IN3. The summed E-state index contributed by atoms with van der Waals surface area (Å²) >= 11 is 2.25. The first-order valence-electron chi connectivity index (χ1n) is 5.71. The van der Waals surface area contributed by atoms with Crippen LogP contribution in [0.25, 0.3) is 0 Å². The topological polar surface area (TPSA) is 53.0 Å². The number of nitrogens with zero attached hydrogens (tertiary/aromatic N) is 2. The molecule has 0 aliphatic carbocycles. The Morgan fingerprint density at radius 2 is 2.18 bits per heavy atom. The van der Waals surface area contributed by atoms with Gasteiger partial charge in [0.05, 0.1) is 23.9 Å². The number of nitrogen functional groups attached to an aromatic ring is 1. The van der Waals surface area contributed by atoms with Crippen molar-refractivity contribution in [3.63, 3.8) is 0 Å². The molecule has 0 saturated carbocycles. The normalized spacial score (nSPS) is 10.3. The highest BCUT2D eigenvalue weighted by Gasteiger charge is 2.11. The van der Waals surface area contributed by atoms with E-state index < -0.39 is 0 Å². The molecule has 92 valence electrons. The molecule has 0 aliphatic rings. The van der Waals surface area contributed by atoms with Gasteiger partial charge >= 0.3 is 0 Å². The van der Waals surface area contributed by atoms with E-state index in [2.05, 4.69) is 47.4 Å². The Balaban J connectivity index is 2.91. The van der Waals surface area contributed by atoms with Crippen LogP contribution in [0.1, 0.15) is 20.3 Å². The zero-order chi connectivity index (χ0) is 12.8. The zero-order valence-corrected chi connectivity index (χ0v) is 12.4. The molecule has 0 heterocycles. The van der Waals surface area contributed by atoms with Gasteiger partial charge in [-0.2, -0.15) is 5.26 Å². The van der Waals surface area contributed by atoms with Crippen LogP contribution in [0.3, 0.4) is 0 Å². The highest BCUT2D eigenvalue weighted by atomic mass is 127. The average molecular weight is 343 g/mol. The number of hydrogen-bond donors (Lipinski definition) is 1. The van der Waals surface area contributed by atoms with Crippen LogP contribution in [-0.2, 0) is 0 Å². The van der Waals surface area contributed by atoms with Gasteiger partial charge in [0, 0.05) is 16.7 Å². The molecule has 0 aliphatic heterocycles. The third-order valence-corrected chi connectivity index (χ3v) is 3.08. The van der Waals surface area contributed by atoms with Gasteiger partial charge in [-0.05, 0) is 46.7 Å². The predicted molar refractivity (Wildman–Crippen MR) is 80.9 cm³/mol. The van der Waals surface area contributed by atoms with Crippen LogP contribution in [0.15, 0.2) is 18.2 Å². The maximum Gasteiger partial charge on any atom is 0.0640 e. The lowest BCUT2D eigenvalue weighted by molar-refractivity contribution is 0.612. The molecule has 0 unspecified atom stereocenters. The first kappa shape index (κ1) is 14.1. The van der Waals surface area contributed by atoms with Gasteiger partial charge in [-0.15, -0.1) is 0 Å². The maximum atomic E-state index is 8.70. The summed E-state index contributed by atoms with van der Waals surface area (Å²) in [6.07, 6.45) is 0.526. The molecule has 0 radical (unpaired) electrons. The van der Waals surface area contributed by atoms with Gasteiger partial charge in [0.2, 0.25) is 0 Å². The van der Waals surface area contributed by atoms with Crippen molar-refractivity contribution < 1.29 is 0 Å². The van der Waals surface area contributed by atoms with Crippen molar-refractivity contribution in [1.82, 2.24) is 0 Å². The summed E-state index contributed by atoms with van der Waals surface area (Å²) in [5, 5.41) is 8.70. The molecule has 0 bridgehead atoms. The van der Waals surface area contributed by atoms with Gasteiger partial charge in [0.25, 0.3) is 0 Å². The summed E-state index contributed by atoms with van der Waals surface area (Å²) in [6, 6.07) is 8.24. The molecule has 1 aromatic carbocycles. The molecule has 3 nitrogen and oxygen atoms in total. The molecule has 0 amide bonds. The Morgan fingerprint density at radius 3 is 2.71 bits per heavy atom. The molecule has 0 aromatic heterocycles. The number of halogens is 1. The lowest BCUT2D eigenvalue weighted by Gasteiger charge is -2.27. The highest BCUT2D eigenvalue weighted by molar-refractivity contribution is 14.1. The summed E-state index contributed by atoms with van der Waals surface area (Å²) in [5.41, 5.74) is 7.86. The second-order valence-corrected chi connectivity index (χ2v) is 5.70. The number of hydrogen-bond acceptors (Lipinski definition) is 3. The SMILES string of the molecule is CC(C)CN(CCC#N)c1ccc(I)cc1N. The first-order chi connectivity index (χ1) is 8.04. The van der Waals surface area contributed by atoms with Crippen molar-refractivity contribution in [2.24, 2.45) is 5.92 Å². The zero-order valence-electron chi connectivity index (χ0n) is 10.3. The smallest absolute Gasteiger partial charge is 0.0640 e. The van der Waals surface area contributed by atoms with E-state index in [4.69, 9.17) is 11.0 Å². The summed E-state index contributed by atoms with van der Waals surface area (Å²) in [7, 11) is 0. The lowest BCUT2D eigenvalue weighted by Crippen LogP contribution is -2.29. The van der Waals surface area contributed by atoms with Gasteiger partial charge < -0.3 is 10.6 Å². The Kier molecular flexibility index (Phi) is 5.56. The van der Waals surface area contributed by atoms with Crippen molar-refractivity contribution in [3.8, 4) is 6.07 Å². The quantitative estimate of drug-likeness (QED) is 0.660. The minimum Gasteiger partial charge on any atom is -0.397 e. The second-order valence-electron chi connectivity index (χ2n) is 4.45. The van der Waals surface area contributed by atoms with E-state index >= 15 is 0 Å². The fourth-order valence-electron chi connectivity index (χ4n) is 1.75. The van der Waals surface area contributed by atoms with E-state index in [1.807, 2.05) is 18.2 Å². The Labute approximate surface area is 117 Å². The van der Waals surface area contributed by atoms with Crippen molar-refractivity contribution in [1.29, 1.82) is 5.26 Å². The predicted octanol–water partition coefficient (Wildman–Crippen LogP) is 3.25. The number of nitrogens with two attached hydrogens (primary N) is 1. The molecule has 0 fully saturated rings. The van der Waals surface area contributed by atoms with E-state index in [9.17, 15) is 0 Å². The molecular weight excluding hydrogens is 325 g/mol. The monoisotopic (exact) mass is 343 g/mol. The number of nitriles is 1. The Bertz CT molecular complexity index is 410. The highest BCUT2D eigenvalue weighted by Crippen LogP contribution is 2.26. The molecule has 17 heavy (non-hydrogen) atoms. The summed E-state index contributed by atoms with van der Waals surface area (Å²) in [4.78, 5) is 2.19. The Hall–Kier alpha value is -0.960. The van der Waals surface area contributed by atoms with E-state index in [0.717, 1.165) is 28.0 Å². The molecule has 4 heteroatoms. The van der Waals surface area contributed by atoms with Crippen molar-refractivity contribution in [2.45, 2.75) is 20.3 Å². The molecule has 0 spiro atoms. The van der Waals surface area contributed by atoms with Crippen LogP contribution < -0.4 is 10.6 Å². The van der Waals surface area contributed by atoms with Crippen LogP contribution in [-0.4, -0.2) is 13.1 Å². The average Bonchev–Trinajstić information content (AvgIpc) is 2.24. The largest absolute Gasteiger partial charge is 0.397 e. The molecule has 0 atom stereocenters. The molecule has 1 rings (SSSR count). The van der Waals surface area contributed by atoms with Crippen molar-refractivity contribution in [2.75, 3.05) is 23.7 Å². The fourth-order valence-corrected chi connectivity index (χ4v) is 2.26. The van der Waals surface area contributed by atoms with Crippen molar-refractivity contribution >= 4 is 34.0 Å². The lowest BCUT2D eigenvalue weighted by atomic mass is 10.1. The molecule has 2 N–H and O–H groups in total. The standard InChI is InChI=1S/C13H18IN3/c1-10(2)9-17(7-3-6-15)13-5-4-11(14)8-12(13)16/h4-5,8,10H,3,7,9,16H2,1-2H3. The second kappa shape index (κ2) is 6.70. The van der Waals surface area contributed by atoms with E-state index in [1.165, 1.54) is 0 Å². The minimum absolute atomic E-state index is 0.526. The van der Waals surface area contributed by atoms with Crippen LogP contribution in [0.4, 0.5) is 11.4 Å². The van der Waals surface area contributed by atoms with Crippen LogP contribution >= 0.6 is 22.6 Å². The van der Waals surface area contributed by atoms with Gasteiger partial charge in [-0.1, -0.05) is 13.8 Å². The number of anilines is 2. The number of rotatable bonds is 5. The van der Waals surface area contributed by atoms with Gasteiger partial charge in [-0.25, -0.2) is 0 Å². The summed E-state index contributed by atoms with van der Waals surface area (Å²) in [5.74, 6) is 0.548. The van der Waals surface area contributed by atoms with Gasteiger partial charge in [-0.3, -0.25) is 0 Å². The molecule has 0 saturated heterocycles. The third-order valence-electron chi connectivity index (χ3n) is 2.41. The summed E-state index contributed by atoms with van der Waals surface area (Å²) < 4.78 is 1.13. The van der Waals surface area contributed by atoms with Crippen molar-refractivity contribution in [3.05, 3.63) is 21.8 Å². The third kappa shape index (κ3) is 4.43.